The summed E-state index contributed by atoms with van der Waals surface area (Å²) < 4.78 is 16.4. The topological polar surface area (TPSA) is 56.8 Å². The molecular formula is C16H20ClNO4. The number of ether oxygens (including phenoxy) is 3. The van der Waals surface area contributed by atoms with E-state index in [4.69, 9.17) is 25.8 Å². The zero-order valence-electron chi connectivity index (χ0n) is 12.5. The van der Waals surface area contributed by atoms with E-state index >= 15 is 0 Å². The summed E-state index contributed by atoms with van der Waals surface area (Å²) in [6, 6.07) is 7.13. The molecule has 0 unspecified atom stereocenters. The molecule has 22 heavy (non-hydrogen) atoms. The van der Waals surface area contributed by atoms with Gasteiger partial charge in [-0.2, -0.15) is 0 Å². The van der Waals surface area contributed by atoms with Crippen LogP contribution in [0, 0.1) is 11.8 Å². The predicted molar refractivity (Wildman–Crippen MR) is 82.1 cm³/mol. The van der Waals surface area contributed by atoms with E-state index in [-0.39, 0.29) is 30.6 Å². The van der Waals surface area contributed by atoms with Gasteiger partial charge in [0.2, 0.25) is 0 Å². The number of fused-ring (bicyclic) bond motifs is 1. The van der Waals surface area contributed by atoms with Gasteiger partial charge in [-0.05, 0) is 24.6 Å². The smallest absolute Gasteiger partial charge is 0.258 e. The first-order chi connectivity index (χ1) is 10.7. The maximum Gasteiger partial charge on any atom is 0.258 e. The summed E-state index contributed by atoms with van der Waals surface area (Å²) in [7, 11) is 1.67. The molecule has 1 aromatic carbocycles. The van der Waals surface area contributed by atoms with Gasteiger partial charge in [0.05, 0.1) is 12.7 Å². The van der Waals surface area contributed by atoms with Gasteiger partial charge < -0.3 is 19.5 Å². The highest BCUT2D eigenvalue weighted by Crippen LogP contribution is 2.43. The van der Waals surface area contributed by atoms with E-state index in [1.165, 1.54) is 0 Å². The minimum atomic E-state index is -0.128. The molecule has 3 rings (SSSR count). The molecule has 1 heterocycles. The Morgan fingerprint density at radius 2 is 2.36 bits per heavy atom. The van der Waals surface area contributed by atoms with E-state index in [1.807, 2.05) is 0 Å². The molecule has 2 aliphatic rings. The lowest BCUT2D eigenvalue weighted by molar-refractivity contribution is -0.131. The van der Waals surface area contributed by atoms with Crippen LogP contribution in [0.15, 0.2) is 24.3 Å². The fraction of sp³-hybridized carbons (Fsp3) is 0.562. The maximum atomic E-state index is 12.1. The van der Waals surface area contributed by atoms with Gasteiger partial charge in [-0.3, -0.25) is 4.79 Å². The quantitative estimate of drug-likeness (QED) is 0.867. The van der Waals surface area contributed by atoms with E-state index in [9.17, 15) is 4.79 Å². The Kier molecular flexibility index (Phi) is 4.86. The summed E-state index contributed by atoms with van der Waals surface area (Å²) in [5.41, 5.74) is 0. The van der Waals surface area contributed by atoms with Crippen molar-refractivity contribution >= 4 is 17.5 Å². The molecule has 5 nitrogen and oxygen atoms in total. The number of hydrogen-bond donors (Lipinski definition) is 1. The Morgan fingerprint density at radius 3 is 3.14 bits per heavy atom. The van der Waals surface area contributed by atoms with Gasteiger partial charge in [0.1, 0.15) is 5.75 Å². The molecule has 120 valence electrons. The lowest BCUT2D eigenvalue weighted by Crippen LogP contribution is -2.63. The van der Waals surface area contributed by atoms with Crippen LogP contribution in [0.4, 0.5) is 0 Å². The van der Waals surface area contributed by atoms with Crippen LogP contribution < -0.4 is 10.1 Å². The minimum Gasteiger partial charge on any atom is -0.484 e. The van der Waals surface area contributed by atoms with Crippen molar-refractivity contribution in [3.8, 4) is 5.75 Å². The van der Waals surface area contributed by atoms with Crippen LogP contribution in [0.25, 0.3) is 0 Å². The van der Waals surface area contributed by atoms with Crippen LogP contribution in [0.2, 0.25) is 5.02 Å². The fourth-order valence-electron chi connectivity index (χ4n) is 3.37. The lowest BCUT2D eigenvalue weighted by atomic mass is 9.67. The first-order valence-electron chi connectivity index (χ1n) is 7.47. The summed E-state index contributed by atoms with van der Waals surface area (Å²) in [5.74, 6) is 1.09. The lowest BCUT2D eigenvalue weighted by Gasteiger charge is -2.47. The highest BCUT2D eigenvalue weighted by molar-refractivity contribution is 6.30. The number of carbonyl (C=O) groups is 1. The number of amides is 1. The average Bonchev–Trinajstić information content (AvgIpc) is 2.93. The molecule has 0 radical (unpaired) electrons. The molecule has 1 amide bonds. The minimum absolute atomic E-state index is 0.0191. The second-order valence-corrected chi connectivity index (χ2v) is 6.18. The third kappa shape index (κ3) is 3.21. The molecule has 0 aromatic heterocycles. The summed E-state index contributed by atoms with van der Waals surface area (Å²) >= 11 is 5.88. The first kappa shape index (κ1) is 15.6. The van der Waals surface area contributed by atoms with Crippen molar-refractivity contribution in [1.82, 2.24) is 5.32 Å². The molecule has 1 N–H and O–H groups in total. The van der Waals surface area contributed by atoms with Crippen molar-refractivity contribution in [3.63, 3.8) is 0 Å². The Morgan fingerprint density at radius 1 is 1.50 bits per heavy atom. The molecule has 1 saturated carbocycles. The second-order valence-electron chi connectivity index (χ2n) is 5.75. The van der Waals surface area contributed by atoms with Crippen molar-refractivity contribution in [2.75, 3.05) is 26.9 Å². The van der Waals surface area contributed by atoms with E-state index in [1.54, 1.807) is 31.4 Å². The highest BCUT2D eigenvalue weighted by Gasteiger charge is 2.54. The first-order valence-corrected chi connectivity index (χ1v) is 7.85. The summed E-state index contributed by atoms with van der Waals surface area (Å²) in [6.07, 6.45) is 1.21. The summed E-state index contributed by atoms with van der Waals surface area (Å²) in [5, 5.41) is 3.64. The zero-order valence-corrected chi connectivity index (χ0v) is 13.2. The van der Waals surface area contributed by atoms with Crippen molar-refractivity contribution in [2.24, 2.45) is 11.8 Å². The third-order valence-electron chi connectivity index (χ3n) is 4.38. The fourth-order valence-corrected chi connectivity index (χ4v) is 3.55. The van der Waals surface area contributed by atoms with Gasteiger partial charge in [-0.25, -0.2) is 0 Å². The molecule has 0 bridgehead atoms. The zero-order chi connectivity index (χ0) is 15.5. The molecule has 6 heteroatoms. The van der Waals surface area contributed by atoms with Crippen LogP contribution in [0.5, 0.6) is 5.75 Å². The standard InChI is InChI=1S/C16H20ClNO4/c1-20-8-13-15(12-5-6-21-16(12)13)18-14(19)9-22-11-4-2-3-10(17)7-11/h2-4,7,12-13,15-16H,5-6,8-9H2,1H3,(H,18,19)/t12-,13-,15-,16-/m0/s1. The Hall–Kier alpha value is -1.30. The Bertz CT molecular complexity index is 539. The summed E-state index contributed by atoms with van der Waals surface area (Å²) in [6.45, 7) is 1.34. The predicted octanol–water partition coefficient (Wildman–Crippen LogP) is 1.88. The van der Waals surface area contributed by atoms with E-state index in [0.29, 0.717) is 23.3 Å². The number of carbonyl (C=O) groups excluding carboxylic acids is 1. The molecule has 1 aromatic rings. The number of methoxy groups -OCH3 is 1. The average molecular weight is 326 g/mol. The van der Waals surface area contributed by atoms with Crippen molar-refractivity contribution in [1.29, 1.82) is 0 Å². The van der Waals surface area contributed by atoms with E-state index in [2.05, 4.69) is 5.32 Å². The SMILES string of the molecule is COC[C@H]1[C@@H](NC(=O)COc2cccc(Cl)c2)[C@@H]2CCO[C@@H]21. The van der Waals surface area contributed by atoms with Crippen molar-refractivity contribution < 1.29 is 19.0 Å². The van der Waals surface area contributed by atoms with Crippen molar-refractivity contribution in [2.45, 2.75) is 18.6 Å². The van der Waals surface area contributed by atoms with Crippen LogP contribution in [0.1, 0.15) is 6.42 Å². The van der Waals surface area contributed by atoms with Crippen LogP contribution >= 0.6 is 11.6 Å². The van der Waals surface area contributed by atoms with Crippen LogP contribution in [-0.2, 0) is 14.3 Å². The Labute approximate surface area is 134 Å². The maximum absolute atomic E-state index is 12.1. The number of halogens is 1. The van der Waals surface area contributed by atoms with Gasteiger partial charge in [0.25, 0.3) is 5.91 Å². The number of nitrogens with one attached hydrogen (secondary N) is 1. The molecular weight excluding hydrogens is 306 g/mol. The number of rotatable bonds is 6. The summed E-state index contributed by atoms with van der Waals surface area (Å²) in [4.78, 5) is 12.1. The van der Waals surface area contributed by atoms with Crippen LogP contribution in [-0.4, -0.2) is 45.0 Å². The van der Waals surface area contributed by atoms with Crippen LogP contribution in [0.3, 0.4) is 0 Å². The monoisotopic (exact) mass is 325 g/mol. The van der Waals surface area contributed by atoms with E-state index < -0.39 is 0 Å². The second kappa shape index (κ2) is 6.86. The largest absolute Gasteiger partial charge is 0.484 e. The van der Waals surface area contributed by atoms with E-state index in [0.717, 1.165) is 13.0 Å². The van der Waals surface area contributed by atoms with Crippen molar-refractivity contribution in [3.05, 3.63) is 29.3 Å². The molecule has 1 aliphatic carbocycles. The molecule has 2 fully saturated rings. The van der Waals surface area contributed by atoms with Gasteiger partial charge >= 0.3 is 0 Å². The molecule has 1 saturated heterocycles. The number of hydrogen-bond acceptors (Lipinski definition) is 4. The molecule has 4 atom stereocenters. The Balaban J connectivity index is 1.50. The van der Waals surface area contributed by atoms with Gasteiger partial charge in [-0.15, -0.1) is 0 Å². The molecule has 1 aliphatic heterocycles. The molecule has 0 spiro atoms. The third-order valence-corrected chi connectivity index (χ3v) is 4.62. The van der Waals surface area contributed by atoms with Gasteiger partial charge in [0, 0.05) is 36.6 Å². The number of benzene rings is 1. The van der Waals surface area contributed by atoms with Gasteiger partial charge in [0.15, 0.2) is 6.61 Å². The van der Waals surface area contributed by atoms with Gasteiger partial charge in [-0.1, -0.05) is 17.7 Å². The normalized spacial score (nSPS) is 29.5. The highest BCUT2D eigenvalue weighted by atomic mass is 35.5.